The van der Waals surface area contributed by atoms with Crippen molar-refractivity contribution in [1.82, 2.24) is 25.4 Å². The SMILES string of the molecule is Cc1nc(-c2cccc(C(=O)N(C)C3CC4CCC(C3)N4)c2)n[nH]1.Cl.Cl. The van der Waals surface area contributed by atoms with E-state index < -0.39 is 0 Å². The number of rotatable bonds is 3. The van der Waals surface area contributed by atoms with Gasteiger partial charge in [0.05, 0.1) is 0 Å². The average molecular weight is 398 g/mol. The van der Waals surface area contributed by atoms with Gasteiger partial charge >= 0.3 is 0 Å². The number of piperidine rings is 1. The number of fused-ring (bicyclic) bond motifs is 2. The molecule has 8 heteroatoms. The molecule has 2 unspecified atom stereocenters. The molecule has 3 heterocycles. The highest BCUT2D eigenvalue weighted by Crippen LogP contribution is 2.30. The Bertz CT molecular complexity index is 754. The predicted octanol–water partition coefficient (Wildman–Crippen LogP) is 2.98. The van der Waals surface area contributed by atoms with E-state index in [1.54, 1.807) is 0 Å². The quantitative estimate of drug-likeness (QED) is 0.834. The lowest BCUT2D eigenvalue weighted by Gasteiger charge is -2.35. The summed E-state index contributed by atoms with van der Waals surface area (Å²) in [5.41, 5.74) is 1.56. The minimum absolute atomic E-state index is 0. The van der Waals surface area contributed by atoms with Gasteiger partial charge in [-0.25, -0.2) is 4.98 Å². The van der Waals surface area contributed by atoms with Gasteiger partial charge in [0.15, 0.2) is 5.82 Å². The van der Waals surface area contributed by atoms with E-state index in [0.717, 1.165) is 24.2 Å². The third-order valence-corrected chi connectivity index (χ3v) is 5.28. The van der Waals surface area contributed by atoms with Crippen molar-refractivity contribution in [2.24, 2.45) is 0 Å². The highest BCUT2D eigenvalue weighted by atomic mass is 35.5. The number of amides is 1. The highest BCUT2D eigenvalue weighted by Gasteiger charge is 2.36. The maximum absolute atomic E-state index is 12.9. The largest absolute Gasteiger partial charge is 0.339 e. The third-order valence-electron chi connectivity index (χ3n) is 5.28. The van der Waals surface area contributed by atoms with Crippen LogP contribution in [0.2, 0.25) is 0 Å². The van der Waals surface area contributed by atoms with E-state index in [-0.39, 0.29) is 30.7 Å². The van der Waals surface area contributed by atoms with Crippen LogP contribution in [0.15, 0.2) is 24.3 Å². The molecule has 142 valence electrons. The standard InChI is InChI=1S/C18H23N5O.2ClH/c1-11-19-17(22-21-11)12-4-3-5-13(8-12)18(24)23(2)16-9-14-6-7-15(10-16)20-14;;/h3-5,8,14-16,20H,6-7,9-10H2,1-2H3,(H,19,21,22);2*1H. The Morgan fingerprint density at radius 2 is 1.88 bits per heavy atom. The average Bonchev–Trinajstić information content (AvgIpc) is 3.18. The highest BCUT2D eigenvalue weighted by molar-refractivity contribution is 5.95. The van der Waals surface area contributed by atoms with Crippen LogP contribution in [0.1, 0.15) is 41.9 Å². The van der Waals surface area contributed by atoms with Crippen molar-refractivity contribution in [2.45, 2.75) is 50.7 Å². The minimum Gasteiger partial charge on any atom is -0.339 e. The summed E-state index contributed by atoms with van der Waals surface area (Å²) in [6, 6.07) is 9.07. The maximum atomic E-state index is 12.9. The van der Waals surface area contributed by atoms with E-state index in [1.165, 1.54) is 12.8 Å². The molecule has 26 heavy (non-hydrogen) atoms. The molecule has 2 aromatic rings. The predicted molar refractivity (Wildman–Crippen MR) is 106 cm³/mol. The molecule has 2 fully saturated rings. The number of H-pyrrole nitrogens is 1. The molecule has 4 rings (SSSR count). The summed E-state index contributed by atoms with van der Waals surface area (Å²) in [6.45, 7) is 1.87. The lowest BCUT2D eigenvalue weighted by Crippen LogP contribution is -2.48. The van der Waals surface area contributed by atoms with Crippen molar-refractivity contribution in [3.05, 3.63) is 35.7 Å². The Morgan fingerprint density at radius 3 is 2.50 bits per heavy atom. The van der Waals surface area contributed by atoms with Gasteiger partial charge in [-0.2, -0.15) is 5.10 Å². The Labute approximate surface area is 166 Å². The number of nitrogens with zero attached hydrogens (tertiary/aromatic N) is 3. The molecule has 2 atom stereocenters. The monoisotopic (exact) mass is 397 g/mol. The van der Waals surface area contributed by atoms with E-state index in [9.17, 15) is 4.79 Å². The zero-order valence-electron chi connectivity index (χ0n) is 14.9. The van der Waals surface area contributed by atoms with Crippen LogP contribution in [0.5, 0.6) is 0 Å². The first kappa shape index (κ1) is 20.7. The second-order valence-corrected chi connectivity index (χ2v) is 7.00. The zero-order chi connectivity index (χ0) is 16.7. The van der Waals surface area contributed by atoms with Crippen LogP contribution < -0.4 is 5.32 Å². The van der Waals surface area contributed by atoms with Gasteiger partial charge in [0.2, 0.25) is 0 Å². The zero-order valence-corrected chi connectivity index (χ0v) is 16.6. The van der Waals surface area contributed by atoms with E-state index in [2.05, 4.69) is 20.5 Å². The van der Waals surface area contributed by atoms with Crippen molar-refractivity contribution >= 4 is 30.7 Å². The van der Waals surface area contributed by atoms with E-state index in [0.29, 0.717) is 29.5 Å². The summed E-state index contributed by atoms with van der Waals surface area (Å²) in [5, 5.41) is 10.7. The topological polar surface area (TPSA) is 73.9 Å². The summed E-state index contributed by atoms with van der Waals surface area (Å²) in [7, 11) is 1.93. The maximum Gasteiger partial charge on any atom is 0.253 e. The summed E-state index contributed by atoms with van der Waals surface area (Å²) in [6.07, 6.45) is 4.59. The lowest BCUT2D eigenvalue weighted by atomic mass is 9.97. The first-order valence-electron chi connectivity index (χ1n) is 8.63. The second-order valence-electron chi connectivity index (χ2n) is 7.00. The van der Waals surface area contributed by atoms with Crippen LogP contribution in [0.25, 0.3) is 11.4 Å². The number of aromatic amines is 1. The molecule has 6 nitrogen and oxygen atoms in total. The number of hydrogen-bond acceptors (Lipinski definition) is 4. The molecule has 2 aliphatic rings. The molecular weight excluding hydrogens is 373 g/mol. The molecular formula is C18H25Cl2N5O. The van der Waals surface area contributed by atoms with Gasteiger partial charge in [-0.3, -0.25) is 9.89 Å². The van der Waals surface area contributed by atoms with E-state index in [4.69, 9.17) is 0 Å². The summed E-state index contributed by atoms with van der Waals surface area (Å²) in [4.78, 5) is 19.2. The minimum atomic E-state index is 0. The van der Waals surface area contributed by atoms with Crippen molar-refractivity contribution in [1.29, 1.82) is 0 Å². The molecule has 2 N–H and O–H groups in total. The number of nitrogens with one attached hydrogen (secondary N) is 2. The van der Waals surface area contributed by atoms with Crippen LogP contribution in [-0.2, 0) is 0 Å². The Kier molecular flexibility index (Phi) is 6.66. The lowest BCUT2D eigenvalue weighted by molar-refractivity contribution is 0.0682. The molecule has 1 amide bonds. The van der Waals surface area contributed by atoms with Crippen LogP contribution >= 0.6 is 24.8 Å². The van der Waals surface area contributed by atoms with E-state index >= 15 is 0 Å². The van der Waals surface area contributed by atoms with Crippen LogP contribution in [-0.4, -0.2) is 51.2 Å². The smallest absolute Gasteiger partial charge is 0.253 e. The van der Waals surface area contributed by atoms with Gasteiger partial charge in [0, 0.05) is 36.3 Å². The van der Waals surface area contributed by atoms with Gasteiger partial charge < -0.3 is 10.2 Å². The number of carbonyl (C=O) groups excluding carboxylic acids is 1. The Morgan fingerprint density at radius 1 is 1.19 bits per heavy atom. The van der Waals surface area contributed by atoms with Crippen molar-refractivity contribution in [3.63, 3.8) is 0 Å². The molecule has 0 radical (unpaired) electrons. The van der Waals surface area contributed by atoms with E-state index in [1.807, 2.05) is 43.1 Å². The molecule has 1 aromatic heterocycles. The Balaban J connectivity index is 0.00000121. The first-order chi connectivity index (χ1) is 11.6. The molecule has 0 aliphatic carbocycles. The van der Waals surface area contributed by atoms with Gasteiger partial charge in [-0.1, -0.05) is 12.1 Å². The first-order valence-corrected chi connectivity index (χ1v) is 8.63. The van der Waals surface area contributed by atoms with Gasteiger partial charge in [-0.15, -0.1) is 24.8 Å². The third kappa shape index (κ3) is 4.03. The summed E-state index contributed by atoms with van der Waals surface area (Å²) < 4.78 is 0. The fourth-order valence-corrected chi connectivity index (χ4v) is 3.98. The number of aryl methyl sites for hydroxylation is 1. The number of halogens is 2. The molecule has 1 aromatic carbocycles. The van der Waals surface area contributed by atoms with Crippen LogP contribution in [0.4, 0.5) is 0 Å². The normalized spacial score (nSPS) is 23.7. The number of hydrogen-bond donors (Lipinski definition) is 2. The van der Waals surface area contributed by atoms with Gasteiger partial charge in [-0.05, 0) is 44.7 Å². The Hall–Kier alpha value is -1.63. The number of aromatic nitrogens is 3. The summed E-state index contributed by atoms with van der Waals surface area (Å²) >= 11 is 0. The van der Waals surface area contributed by atoms with Crippen molar-refractivity contribution in [2.75, 3.05) is 7.05 Å². The van der Waals surface area contributed by atoms with Gasteiger partial charge in [0.25, 0.3) is 5.91 Å². The molecule has 0 saturated carbocycles. The second kappa shape index (κ2) is 8.37. The fourth-order valence-electron chi connectivity index (χ4n) is 3.98. The fraction of sp³-hybridized carbons (Fsp3) is 0.500. The van der Waals surface area contributed by atoms with Crippen LogP contribution in [0, 0.1) is 6.92 Å². The number of benzene rings is 1. The van der Waals surface area contributed by atoms with Crippen molar-refractivity contribution < 1.29 is 4.79 Å². The van der Waals surface area contributed by atoms with Crippen LogP contribution in [0.3, 0.4) is 0 Å². The van der Waals surface area contributed by atoms with Crippen molar-refractivity contribution in [3.8, 4) is 11.4 Å². The number of carbonyl (C=O) groups is 1. The summed E-state index contributed by atoms with van der Waals surface area (Å²) in [5.74, 6) is 1.48. The molecule has 2 bridgehead atoms. The molecule has 2 saturated heterocycles. The van der Waals surface area contributed by atoms with Gasteiger partial charge in [0.1, 0.15) is 5.82 Å². The molecule has 0 spiro atoms. The molecule has 2 aliphatic heterocycles.